The number of nitrogens with one attached hydrogen (secondary N) is 1. The number of ether oxygens (including phenoxy) is 2. The fourth-order valence-corrected chi connectivity index (χ4v) is 2.36. The van der Waals surface area contributed by atoms with Gasteiger partial charge in [-0.3, -0.25) is 0 Å². The topological polar surface area (TPSA) is 50.8 Å². The van der Waals surface area contributed by atoms with Gasteiger partial charge in [-0.25, -0.2) is 4.79 Å². The molecule has 0 saturated carbocycles. The average molecular weight is 328 g/mol. The molecule has 24 heavy (non-hydrogen) atoms. The predicted molar refractivity (Wildman–Crippen MR) is 94.3 cm³/mol. The van der Waals surface area contributed by atoms with Crippen molar-refractivity contribution in [3.05, 3.63) is 59.7 Å². The van der Waals surface area contributed by atoms with E-state index in [4.69, 9.17) is 9.47 Å². The number of benzene rings is 2. The molecule has 2 aromatic rings. The van der Waals surface area contributed by atoms with Gasteiger partial charge in [-0.1, -0.05) is 30.3 Å². The quantitative estimate of drug-likeness (QED) is 0.847. The van der Waals surface area contributed by atoms with Gasteiger partial charge in [0.1, 0.15) is 11.5 Å². The third kappa shape index (κ3) is 4.91. The van der Waals surface area contributed by atoms with Crippen molar-refractivity contribution in [2.45, 2.75) is 20.0 Å². The van der Waals surface area contributed by atoms with E-state index in [0.29, 0.717) is 19.7 Å². The molecule has 1 N–H and O–H groups in total. The fraction of sp³-hybridized carbons (Fsp3) is 0.316. The molecule has 0 aromatic heterocycles. The number of hydrogen-bond donors (Lipinski definition) is 1. The van der Waals surface area contributed by atoms with E-state index in [0.717, 1.165) is 22.6 Å². The Hall–Kier alpha value is -2.69. The highest BCUT2D eigenvalue weighted by Crippen LogP contribution is 2.17. The highest BCUT2D eigenvalue weighted by atomic mass is 16.5. The van der Waals surface area contributed by atoms with Crippen LogP contribution in [-0.2, 0) is 13.1 Å². The summed E-state index contributed by atoms with van der Waals surface area (Å²) in [5.74, 6) is 1.61. The summed E-state index contributed by atoms with van der Waals surface area (Å²) >= 11 is 0. The van der Waals surface area contributed by atoms with E-state index in [1.54, 1.807) is 19.1 Å². The maximum absolute atomic E-state index is 12.2. The first-order chi connectivity index (χ1) is 11.6. The minimum absolute atomic E-state index is 0.130. The van der Waals surface area contributed by atoms with E-state index >= 15 is 0 Å². The molecule has 0 aliphatic carbocycles. The molecule has 0 unspecified atom stereocenters. The summed E-state index contributed by atoms with van der Waals surface area (Å²) in [6, 6.07) is 15.3. The summed E-state index contributed by atoms with van der Waals surface area (Å²) < 4.78 is 10.7. The minimum atomic E-state index is -0.130. The Morgan fingerprint density at radius 1 is 1.12 bits per heavy atom. The van der Waals surface area contributed by atoms with Gasteiger partial charge in [0.2, 0.25) is 0 Å². The fourth-order valence-electron chi connectivity index (χ4n) is 2.36. The van der Waals surface area contributed by atoms with Crippen molar-refractivity contribution in [1.82, 2.24) is 10.2 Å². The smallest absolute Gasteiger partial charge is 0.317 e. The number of rotatable bonds is 7. The van der Waals surface area contributed by atoms with E-state index in [-0.39, 0.29) is 6.03 Å². The van der Waals surface area contributed by atoms with Crippen LogP contribution >= 0.6 is 0 Å². The molecule has 0 fully saturated rings. The van der Waals surface area contributed by atoms with Crippen LogP contribution in [0.1, 0.15) is 18.1 Å². The number of methoxy groups -OCH3 is 1. The van der Waals surface area contributed by atoms with Crippen LogP contribution in [0.15, 0.2) is 48.5 Å². The number of para-hydroxylation sites is 1. The zero-order valence-electron chi connectivity index (χ0n) is 14.4. The van der Waals surface area contributed by atoms with Gasteiger partial charge in [0.25, 0.3) is 0 Å². The van der Waals surface area contributed by atoms with Crippen molar-refractivity contribution < 1.29 is 14.3 Å². The second-order valence-corrected chi connectivity index (χ2v) is 5.40. The SMILES string of the molecule is CCOc1ccc(CN(C)C(=O)NCc2ccccc2OC)cc1. The summed E-state index contributed by atoms with van der Waals surface area (Å²) in [6.45, 7) is 3.55. The van der Waals surface area contributed by atoms with Crippen molar-refractivity contribution in [2.24, 2.45) is 0 Å². The molecular weight excluding hydrogens is 304 g/mol. The van der Waals surface area contributed by atoms with Gasteiger partial charge in [-0.2, -0.15) is 0 Å². The van der Waals surface area contributed by atoms with E-state index in [9.17, 15) is 4.79 Å². The average Bonchev–Trinajstić information content (AvgIpc) is 2.61. The summed E-state index contributed by atoms with van der Waals surface area (Å²) in [6.07, 6.45) is 0. The van der Waals surface area contributed by atoms with Crippen molar-refractivity contribution in [1.29, 1.82) is 0 Å². The molecule has 0 saturated heterocycles. The Bertz CT molecular complexity index is 656. The van der Waals surface area contributed by atoms with Gasteiger partial charge in [0, 0.05) is 25.7 Å². The molecule has 0 atom stereocenters. The van der Waals surface area contributed by atoms with Gasteiger partial charge in [0.15, 0.2) is 0 Å². The second kappa shape index (κ2) is 8.82. The third-order valence-corrected chi connectivity index (χ3v) is 3.62. The molecule has 0 radical (unpaired) electrons. The van der Waals surface area contributed by atoms with Crippen molar-refractivity contribution >= 4 is 6.03 Å². The lowest BCUT2D eigenvalue weighted by molar-refractivity contribution is 0.206. The van der Waals surface area contributed by atoms with E-state index in [1.807, 2.05) is 55.5 Å². The van der Waals surface area contributed by atoms with Gasteiger partial charge in [0.05, 0.1) is 13.7 Å². The lowest BCUT2D eigenvalue weighted by atomic mass is 10.2. The molecule has 0 heterocycles. The zero-order chi connectivity index (χ0) is 17.4. The number of carbonyl (C=O) groups excluding carboxylic acids is 1. The number of urea groups is 1. The van der Waals surface area contributed by atoms with Crippen LogP contribution in [0.4, 0.5) is 4.79 Å². The second-order valence-electron chi connectivity index (χ2n) is 5.40. The first-order valence-electron chi connectivity index (χ1n) is 7.96. The van der Waals surface area contributed by atoms with Crippen molar-refractivity contribution in [3.63, 3.8) is 0 Å². The number of amides is 2. The highest BCUT2D eigenvalue weighted by molar-refractivity contribution is 5.74. The molecule has 0 aliphatic rings. The molecule has 0 bridgehead atoms. The van der Waals surface area contributed by atoms with Crippen LogP contribution < -0.4 is 14.8 Å². The Kier molecular flexibility index (Phi) is 6.49. The normalized spacial score (nSPS) is 10.1. The highest BCUT2D eigenvalue weighted by Gasteiger charge is 2.10. The van der Waals surface area contributed by atoms with Gasteiger partial charge < -0.3 is 19.7 Å². The first-order valence-corrected chi connectivity index (χ1v) is 7.96. The lowest BCUT2D eigenvalue weighted by Crippen LogP contribution is -2.36. The third-order valence-electron chi connectivity index (χ3n) is 3.62. The maximum Gasteiger partial charge on any atom is 0.317 e. The largest absolute Gasteiger partial charge is 0.496 e. The van der Waals surface area contributed by atoms with Crippen LogP contribution in [0.3, 0.4) is 0 Å². The van der Waals surface area contributed by atoms with Crippen LogP contribution in [0, 0.1) is 0 Å². The standard InChI is InChI=1S/C19H24N2O3/c1-4-24-17-11-9-15(10-12-17)14-21(2)19(22)20-13-16-7-5-6-8-18(16)23-3/h5-12H,4,13-14H2,1-3H3,(H,20,22). The number of nitrogens with zero attached hydrogens (tertiary/aromatic N) is 1. The molecule has 2 aromatic carbocycles. The van der Waals surface area contributed by atoms with E-state index < -0.39 is 0 Å². The lowest BCUT2D eigenvalue weighted by Gasteiger charge is -2.19. The Balaban J connectivity index is 1.87. The van der Waals surface area contributed by atoms with Crippen LogP contribution in [-0.4, -0.2) is 31.7 Å². The molecule has 5 nitrogen and oxygen atoms in total. The summed E-state index contributed by atoms with van der Waals surface area (Å²) in [5, 5.41) is 2.91. The predicted octanol–water partition coefficient (Wildman–Crippen LogP) is 3.44. The maximum atomic E-state index is 12.2. The van der Waals surface area contributed by atoms with E-state index in [2.05, 4.69) is 5.32 Å². The number of hydrogen-bond acceptors (Lipinski definition) is 3. The van der Waals surface area contributed by atoms with Crippen LogP contribution in [0.25, 0.3) is 0 Å². The van der Waals surface area contributed by atoms with Gasteiger partial charge in [-0.15, -0.1) is 0 Å². The Morgan fingerprint density at radius 3 is 2.50 bits per heavy atom. The minimum Gasteiger partial charge on any atom is -0.496 e. The summed E-state index contributed by atoms with van der Waals surface area (Å²) in [4.78, 5) is 13.9. The summed E-state index contributed by atoms with van der Waals surface area (Å²) in [7, 11) is 3.40. The number of carbonyl (C=O) groups is 1. The van der Waals surface area contributed by atoms with E-state index in [1.165, 1.54) is 0 Å². The monoisotopic (exact) mass is 328 g/mol. The van der Waals surface area contributed by atoms with Crippen LogP contribution in [0.5, 0.6) is 11.5 Å². The van der Waals surface area contributed by atoms with Gasteiger partial charge in [-0.05, 0) is 30.7 Å². The molecule has 0 spiro atoms. The van der Waals surface area contributed by atoms with Crippen molar-refractivity contribution in [2.75, 3.05) is 20.8 Å². The summed E-state index contributed by atoms with van der Waals surface area (Å²) in [5.41, 5.74) is 2.00. The Labute approximate surface area is 143 Å². The molecule has 128 valence electrons. The molecular formula is C19H24N2O3. The first kappa shape index (κ1) is 17.7. The van der Waals surface area contributed by atoms with Gasteiger partial charge >= 0.3 is 6.03 Å². The molecule has 5 heteroatoms. The van der Waals surface area contributed by atoms with Crippen LogP contribution in [0.2, 0.25) is 0 Å². The zero-order valence-corrected chi connectivity index (χ0v) is 14.4. The Morgan fingerprint density at radius 2 is 1.83 bits per heavy atom. The molecule has 0 aliphatic heterocycles. The van der Waals surface area contributed by atoms with Crippen molar-refractivity contribution in [3.8, 4) is 11.5 Å². The molecule has 2 amide bonds. The molecule has 2 rings (SSSR count).